The number of nitrogens with zero attached hydrogens (tertiary/aromatic N) is 5. The molecule has 11 nitrogen and oxygen atoms in total. The molecule has 0 saturated carbocycles. The predicted molar refractivity (Wildman–Crippen MR) is 108 cm³/mol. The van der Waals surface area contributed by atoms with Crippen LogP contribution in [-0.4, -0.2) is 60.9 Å². The Balaban J connectivity index is 1.82. The molecule has 1 aliphatic heterocycles. The van der Waals surface area contributed by atoms with E-state index in [-0.39, 0.29) is 22.2 Å². The highest BCUT2D eigenvalue weighted by Crippen LogP contribution is 2.32. The Morgan fingerprint density at radius 3 is 2.38 bits per heavy atom. The van der Waals surface area contributed by atoms with Crippen LogP contribution in [0.1, 0.15) is 12.5 Å². The predicted octanol–water partition coefficient (Wildman–Crippen LogP) is 1.14. The molecule has 1 saturated heterocycles. The molecule has 1 fully saturated rings. The van der Waals surface area contributed by atoms with E-state index in [1.54, 1.807) is 12.1 Å². The van der Waals surface area contributed by atoms with Crippen LogP contribution in [-0.2, 0) is 10.0 Å². The fourth-order valence-electron chi connectivity index (χ4n) is 3.03. The molecule has 1 aromatic carbocycles. The summed E-state index contributed by atoms with van der Waals surface area (Å²) >= 11 is 0. The molecule has 2 N–H and O–H groups in total. The minimum Gasteiger partial charge on any atom is -0.348 e. The van der Waals surface area contributed by atoms with Crippen LogP contribution in [0.15, 0.2) is 35.5 Å². The largest absolute Gasteiger partial charge is 0.354 e. The highest BCUT2D eigenvalue weighted by molar-refractivity contribution is 7.89. The Kier molecular flexibility index (Phi) is 6.25. The van der Waals surface area contributed by atoms with Gasteiger partial charge in [-0.15, -0.1) is 4.83 Å². The van der Waals surface area contributed by atoms with Crippen LogP contribution < -0.4 is 15.2 Å². The van der Waals surface area contributed by atoms with Gasteiger partial charge in [-0.05, 0) is 25.6 Å². The third kappa shape index (κ3) is 4.78. The molecule has 156 valence electrons. The molecule has 0 bridgehead atoms. The molecule has 12 heteroatoms. The summed E-state index contributed by atoms with van der Waals surface area (Å²) < 4.78 is 24.9. The normalized spacial score (nSPS) is 15.3. The first-order valence-corrected chi connectivity index (χ1v) is 10.6. The summed E-state index contributed by atoms with van der Waals surface area (Å²) in [5, 5.41) is 11.7. The van der Waals surface area contributed by atoms with Gasteiger partial charge in [0.2, 0.25) is 11.6 Å². The lowest BCUT2D eigenvalue weighted by Gasteiger charge is -2.34. The fraction of sp³-hybridized carbons (Fsp3) is 0.412. The van der Waals surface area contributed by atoms with Crippen LogP contribution in [0.3, 0.4) is 0 Å². The maximum Gasteiger partial charge on any atom is 0.354 e. The van der Waals surface area contributed by atoms with Crippen molar-refractivity contribution in [3.63, 3.8) is 0 Å². The first kappa shape index (κ1) is 20.9. The summed E-state index contributed by atoms with van der Waals surface area (Å²) in [5.41, 5.74) is 2.92. The quantitative estimate of drug-likeness (QED) is 0.498. The number of aromatic nitrogens is 2. The van der Waals surface area contributed by atoms with Crippen molar-refractivity contribution in [3.05, 3.63) is 46.3 Å². The second-order valence-corrected chi connectivity index (χ2v) is 8.30. The maximum absolute atomic E-state index is 12.5. The first-order valence-electron chi connectivity index (χ1n) is 9.13. The van der Waals surface area contributed by atoms with Crippen molar-refractivity contribution in [3.8, 4) is 0 Å². The highest BCUT2D eigenvalue weighted by Gasteiger charge is 2.29. The van der Waals surface area contributed by atoms with Crippen LogP contribution in [0.5, 0.6) is 0 Å². The van der Waals surface area contributed by atoms with E-state index in [9.17, 15) is 18.5 Å². The topological polar surface area (TPSA) is 134 Å². The number of sulfonamides is 1. The van der Waals surface area contributed by atoms with Gasteiger partial charge in [0.1, 0.15) is 6.33 Å². The molecule has 29 heavy (non-hydrogen) atoms. The van der Waals surface area contributed by atoms with E-state index < -0.39 is 14.9 Å². The van der Waals surface area contributed by atoms with E-state index in [2.05, 4.69) is 32.0 Å². The number of benzene rings is 1. The molecule has 0 amide bonds. The van der Waals surface area contributed by atoms with Gasteiger partial charge in [0.25, 0.3) is 10.0 Å². The molecule has 0 aliphatic carbocycles. The average Bonchev–Trinajstić information content (AvgIpc) is 2.72. The number of hydrogen-bond donors (Lipinski definition) is 2. The summed E-state index contributed by atoms with van der Waals surface area (Å²) in [7, 11) is -3.93. The van der Waals surface area contributed by atoms with Crippen molar-refractivity contribution in [2.45, 2.75) is 18.7 Å². The van der Waals surface area contributed by atoms with Crippen LogP contribution in [0.25, 0.3) is 0 Å². The van der Waals surface area contributed by atoms with E-state index in [1.807, 2.05) is 11.8 Å². The lowest BCUT2D eigenvalue weighted by atomic mass is 10.2. The standard InChI is InChI=1S/C17H23N7O4S/c1-3-22-8-10-23(11-9-22)17-15(24(25)26)16(18-12-19-17)20-21-29(27,28)14-6-4-13(2)5-7-14/h4-7,12,21H,3,8-11H2,1-2H3,(H,18,19,20). The third-order valence-corrected chi connectivity index (χ3v) is 6.00. The van der Waals surface area contributed by atoms with E-state index in [4.69, 9.17) is 0 Å². The summed E-state index contributed by atoms with van der Waals surface area (Å²) in [5.74, 6) is -0.0496. The number of likely N-dealkylation sites (N-methyl/N-ethyl adjacent to an activating group) is 1. The van der Waals surface area contributed by atoms with Gasteiger partial charge in [-0.3, -0.25) is 15.5 Å². The number of hydrazine groups is 1. The number of nitrogens with one attached hydrogen (secondary N) is 2. The van der Waals surface area contributed by atoms with E-state index in [0.717, 1.165) is 25.2 Å². The van der Waals surface area contributed by atoms with Gasteiger partial charge in [-0.2, -0.15) is 0 Å². The minimum atomic E-state index is -3.93. The fourth-order valence-corrected chi connectivity index (χ4v) is 3.87. The number of anilines is 2. The highest BCUT2D eigenvalue weighted by atomic mass is 32.2. The Labute approximate surface area is 168 Å². The summed E-state index contributed by atoms with van der Waals surface area (Å²) in [6.45, 7) is 7.51. The molecule has 2 heterocycles. The van der Waals surface area contributed by atoms with Gasteiger partial charge < -0.3 is 9.80 Å². The number of rotatable bonds is 7. The van der Waals surface area contributed by atoms with E-state index in [0.29, 0.717) is 13.1 Å². The Morgan fingerprint density at radius 1 is 1.14 bits per heavy atom. The Hall–Kier alpha value is -2.83. The van der Waals surface area contributed by atoms with Gasteiger partial charge in [0.05, 0.1) is 9.82 Å². The molecule has 0 unspecified atom stereocenters. The Morgan fingerprint density at radius 2 is 1.79 bits per heavy atom. The van der Waals surface area contributed by atoms with Gasteiger partial charge in [0, 0.05) is 26.2 Å². The average molecular weight is 421 g/mol. The maximum atomic E-state index is 12.5. The molecule has 0 radical (unpaired) electrons. The second kappa shape index (κ2) is 8.68. The van der Waals surface area contributed by atoms with Crippen molar-refractivity contribution in [2.24, 2.45) is 0 Å². The van der Waals surface area contributed by atoms with Gasteiger partial charge >= 0.3 is 5.69 Å². The van der Waals surface area contributed by atoms with Crippen LogP contribution in [0.2, 0.25) is 0 Å². The molecule has 0 atom stereocenters. The lowest BCUT2D eigenvalue weighted by molar-refractivity contribution is -0.383. The number of aryl methyl sites for hydroxylation is 1. The smallest absolute Gasteiger partial charge is 0.348 e. The van der Waals surface area contributed by atoms with Gasteiger partial charge in [-0.25, -0.2) is 18.4 Å². The van der Waals surface area contributed by atoms with Crippen molar-refractivity contribution in [1.82, 2.24) is 19.7 Å². The van der Waals surface area contributed by atoms with Crippen LogP contribution in [0, 0.1) is 17.0 Å². The van der Waals surface area contributed by atoms with Gasteiger partial charge in [-0.1, -0.05) is 24.6 Å². The van der Waals surface area contributed by atoms with Crippen LogP contribution in [0.4, 0.5) is 17.3 Å². The molecular formula is C17H23N7O4S. The molecular weight excluding hydrogens is 398 g/mol. The zero-order valence-corrected chi connectivity index (χ0v) is 17.0. The SMILES string of the molecule is CCN1CCN(c2ncnc(NNS(=O)(=O)c3ccc(C)cc3)c2[N+](=O)[O-])CC1. The van der Waals surface area contributed by atoms with Crippen molar-refractivity contribution in [1.29, 1.82) is 0 Å². The molecule has 2 aromatic rings. The number of piperazine rings is 1. The first-order chi connectivity index (χ1) is 13.8. The van der Waals surface area contributed by atoms with Crippen molar-refractivity contribution >= 4 is 27.3 Å². The molecule has 1 aromatic heterocycles. The lowest BCUT2D eigenvalue weighted by Crippen LogP contribution is -2.46. The van der Waals surface area contributed by atoms with Gasteiger partial charge in [0.15, 0.2) is 0 Å². The van der Waals surface area contributed by atoms with Crippen molar-refractivity contribution in [2.75, 3.05) is 43.0 Å². The molecule has 0 spiro atoms. The zero-order chi connectivity index (χ0) is 21.0. The summed E-state index contributed by atoms with van der Waals surface area (Å²) in [4.78, 5) is 25.3. The van der Waals surface area contributed by atoms with Crippen molar-refractivity contribution < 1.29 is 13.3 Å². The van der Waals surface area contributed by atoms with Crippen LogP contribution >= 0.6 is 0 Å². The Bertz CT molecular complexity index is 974. The summed E-state index contributed by atoms with van der Waals surface area (Å²) in [6, 6.07) is 6.23. The monoisotopic (exact) mass is 421 g/mol. The van der Waals surface area contributed by atoms with E-state index in [1.165, 1.54) is 18.5 Å². The van der Waals surface area contributed by atoms with E-state index >= 15 is 0 Å². The zero-order valence-electron chi connectivity index (χ0n) is 16.2. The molecule has 1 aliphatic rings. The number of nitro groups is 1. The minimum absolute atomic E-state index is 0.0308. The molecule has 3 rings (SSSR count). The number of hydrogen-bond acceptors (Lipinski definition) is 9. The third-order valence-electron chi connectivity index (χ3n) is 4.74. The second-order valence-electron chi connectivity index (χ2n) is 6.62. The summed E-state index contributed by atoms with van der Waals surface area (Å²) in [6.07, 6.45) is 1.18.